The largest absolute Gasteiger partial charge is 0.433 e. The minimum atomic E-state index is -4.72. The minimum Gasteiger partial charge on any atom is -0.340 e. The highest BCUT2D eigenvalue weighted by Gasteiger charge is 2.33. The molecule has 1 heterocycles. The monoisotopic (exact) mass is 305 g/mol. The molecule has 2 aromatic rings. The summed E-state index contributed by atoms with van der Waals surface area (Å²) in [5, 5.41) is 2.35. The average Bonchev–Trinajstić information content (AvgIpc) is 2.36. The number of hydrazine groups is 1. The summed E-state index contributed by atoms with van der Waals surface area (Å²) in [6.45, 7) is 0. The summed E-state index contributed by atoms with van der Waals surface area (Å²) in [6, 6.07) is 3.00. The van der Waals surface area contributed by atoms with Crippen molar-refractivity contribution in [2.24, 2.45) is 5.84 Å². The van der Waals surface area contributed by atoms with Crippen LogP contribution in [0.2, 0.25) is 0 Å². The van der Waals surface area contributed by atoms with E-state index in [1.54, 1.807) is 0 Å². The second kappa shape index (κ2) is 5.48. The van der Waals surface area contributed by atoms with Gasteiger partial charge in [-0.25, -0.2) is 19.6 Å². The Kier molecular flexibility index (Phi) is 3.89. The van der Waals surface area contributed by atoms with Crippen LogP contribution >= 0.6 is 0 Å². The number of nitrogens with two attached hydrogens (primary N) is 1. The fourth-order valence-electron chi connectivity index (χ4n) is 1.49. The van der Waals surface area contributed by atoms with Crippen molar-refractivity contribution >= 4 is 17.5 Å². The number of aromatic nitrogens is 2. The molecule has 0 unspecified atom stereocenters. The summed E-state index contributed by atoms with van der Waals surface area (Å²) in [5.41, 5.74) is 0.510. The third kappa shape index (κ3) is 3.75. The van der Waals surface area contributed by atoms with Gasteiger partial charge in [-0.3, -0.25) is 5.43 Å². The molecule has 4 N–H and O–H groups in total. The molecule has 2 rings (SSSR count). The van der Waals surface area contributed by atoms with Gasteiger partial charge in [0, 0.05) is 17.8 Å². The van der Waals surface area contributed by atoms with Crippen LogP contribution in [0, 0.1) is 11.6 Å². The topological polar surface area (TPSA) is 75.9 Å². The van der Waals surface area contributed by atoms with Crippen LogP contribution in [0.3, 0.4) is 0 Å². The van der Waals surface area contributed by atoms with Crippen molar-refractivity contribution in [3.63, 3.8) is 0 Å². The molecule has 21 heavy (non-hydrogen) atoms. The smallest absolute Gasteiger partial charge is 0.340 e. The lowest BCUT2D eigenvalue weighted by Gasteiger charge is -2.11. The maximum Gasteiger partial charge on any atom is 0.433 e. The molecule has 0 spiro atoms. The van der Waals surface area contributed by atoms with E-state index in [1.165, 1.54) is 0 Å². The number of nitrogens with one attached hydrogen (secondary N) is 2. The summed E-state index contributed by atoms with van der Waals surface area (Å²) in [4.78, 5) is 6.76. The molecule has 0 aliphatic rings. The van der Waals surface area contributed by atoms with E-state index in [0.29, 0.717) is 12.1 Å². The molecule has 1 aromatic carbocycles. The van der Waals surface area contributed by atoms with Gasteiger partial charge in [0.2, 0.25) is 5.95 Å². The van der Waals surface area contributed by atoms with Crippen molar-refractivity contribution in [3.8, 4) is 0 Å². The molecule has 0 aliphatic carbocycles. The normalized spacial score (nSPS) is 11.3. The molecule has 112 valence electrons. The Hall–Kier alpha value is -2.49. The van der Waals surface area contributed by atoms with E-state index in [2.05, 4.69) is 15.3 Å². The lowest BCUT2D eigenvalue weighted by atomic mass is 10.3. The standard InChI is InChI=1S/C11H8F5N5/c12-5-1-6(13)3-7(2-5)18-9-4-8(11(14,15)16)19-10(20-9)21-17/h1-4H,17H2,(H2,18,19,20,21). The van der Waals surface area contributed by atoms with Crippen LogP contribution in [0.1, 0.15) is 5.69 Å². The second-order valence-corrected chi connectivity index (χ2v) is 3.89. The molecule has 0 saturated heterocycles. The molecule has 1 aromatic heterocycles. The first kappa shape index (κ1) is 14.9. The van der Waals surface area contributed by atoms with Gasteiger partial charge in [-0.15, -0.1) is 0 Å². The third-order valence-electron chi connectivity index (χ3n) is 2.28. The number of halogens is 5. The quantitative estimate of drug-likeness (QED) is 0.462. The van der Waals surface area contributed by atoms with Crippen molar-refractivity contribution in [2.45, 2.75) is 6.18 Å². The SMILES string of the molecule is NNc1nc(Nc2cc(F)cc(F)c2)cc(C(F)(F)F)n1. The molecular weight excluding hydrogens is 297 g/mol. The molecule has 0 bridgehead atoms. The highest BCUT2D eigenvalue weighted by Crippen LogP contribution is 2.30. The van der Waals surface area contributed by atoms with Gasteiger partial charge in [-0.2, -0.15) is 18.2 Å². The molecule has 0 radical (unpaired) electrons. The molecule has 10 heteroatoms. The van der Waals surface area contributed by atoms with E-state index in [9.17, 15) is 22.0 Å². The van der Waals surface area contributed by atoms with Gasteiger partial charge in [0.05, 0.1) is 0 Å². The van der Waals surface area contributed by atoms with Crippen LogP contribution in [0.4, 0.5) is 39.4 Å². The highest BCUT2D eigenvalue weighted by atomic mass is 19.4. The summed E-state index contributed by atoms with van der Waals surface area (Å²) < 4.78 is 64.0. The number of rotatable bonds is 3. The number of nitrogen functional groups attached to an aromatic ring is 1. The molecular formula is C11H8F5N5. The van der Waals surface area contributed by atoms with Crippen molar-refractivity contribution in [2.75, 3.05) is 10.7 Å². The molecule has 0 atom stereocenters. The maximum atomic E-state index is 13.0. The van der Waals surface area contributed by atoms with E-state index < -0.39 is 29.5 Å². The number of nitrogens with zero attached hydrogens (tertiary/aromatic N) is 2. The fourth-order valence-corrected chi connectivity index (χ4v) is 1.49. The highest BCUT2D eigenvalue weighted by molar-refractivity contribution is 5.57. The molecule has 0 fully saturated rings. The predicted molar refractivity (Wildman–Crippen MR) is 64.5 cm³/mol. The number of hydrogen-bond donors (Lipinski definition) is 3. The third-order valence-corrected chi connectivity index (χ3v) is 2.28. The molecule has 0 amide bonds. The average molecular weight is 305 g/mol. The Balaban J connectivity index is 2.39. The molecule has 0 saturated carbocycles. The zero-order valence-electron chi connectivity index (χ0n) is 10.2. The van der Waals surface area contributed by atoms with Gasteiger partial charge in [0.25, 0.3) is 0 Å². The number of anilines is 3. The van der Waals surface area contributed by atoms with Crippen LogP contribution < -0.4 is 16.6 Å². The van der Waals surface area contributed by atoms with E-state index in [1.807, 2.05) is 5.43 Å². The number of benzene rings is 1. The maximum absolute atomic E-state index is 13.0. The fraction of sp³-hybridized carbons (Fsp3) is 0.0909. The number of hydrogen-bond acceptors (Lipinski definition) is 5. The minimum absolute atomic E-state index is 0.109. The summed E-state index contributed by atoms with van der Waals surface area (Å²) in [5.74, 6) is 2.38. The van der Waals surface area contributed by atoms with Crippen LogP contribution in [0.5, 0.6) is 0 Å². The van der Waals surface area contributed by atoms with E-state index in [0.717, 1.165) is 12.1 Å². The van der Waals surface area contributed by atoms with Crippen molar-refractivity contribution in [3.05, 3.63) is 41.6 Å². The Labute approximate surface area is 115 Å². The van der Waals surface area contributed by atoms with E-state index >= 15 is 0 Å². The Bertz CT molecular complexity index is 638. The van der Waals surface area contributed by atoms with E-state index in [4.69, 9.17) is 5.84 Å². The van der Waals surface area contributed by atoms with Crippen molar-refractivity contribution in [1.82, 2.24) is 9.97 Å². The van der Waals surface area contributed by atoms with Crippen LogP contribution in [-0.4, -0.2) is 9.97 Å². The first-order valence-corrected chi connectivity index (χ1v) is 5.44. The second-order valence-electron chi connectivity index (χ2n) is 3.89. The Morgan fingerprint density at radius 1 is 0.952 bits per heavy atom. The first-order chi connectivity index (χ1) is 9.77. The van der Waals surface area contributed by atoms with Crippen molar-refractivity contribution in [1.29, 1.82) is 0 Å². The van der Waals surface area contributed by atoms with Gasteiger partial charge >= 0.3 is 6.18 Å². The van der Waals surface area contributed by atoms with Gasteiger partial charge in [-0.1, -0.05) is 0 Å². The zero-order chi connectivity index (χ0) is 15.6. The molecule has 5 nitrogen and oxygen atoms in total. The van der Waals surface area contributed by atoms with Gasteiger partial charge in [0.15, 0.2) is 5.69 Å². The summed E-state index contributed by atoms with van der Waals surface area (Å²) >= 11 is 0. The Morgan fingerprint density at radius 3 is 2.10 bits per heavy atom. The van der Waals surface area contributed by atoms with E-state index in [-0.39, 0.29) is 11.5 Å². The van der Waals surface area contributed by atoms with Gasteiger partial charge in [0.1, 0.15) is 17.5 Å². The van der Waals surface area contributed by atoms with Crippen molar-refractivity contribution < 1.29 is 22.0 Å². The van der Waals surface area contributed by atoms with Crippen LogP contribution in [0.15, 0.2) is 24.3 Å². The summed E-state index contributed by atoms with van der Waals surface area (Å²) in [7, 11) is 0. The summed E-state index contributed by atoms with van der Waals surface area (Å²) in [6.07, 6.45) is -4.72. The lowest BCUT2D eigenvalue weighted by Crippen LogP contribution is -2.16. The first-order valence-electron chi connectivity index (χ1n) is 5.44. The molecule has 0 aliphatic heterocycles. The van der Waals surface area contributed by atoms with Gasteiger partial charge in [-0.05, 0) is 12.1 Å². The number of alkyl halides is 3. The van der Waals surface area contributed by atoms with Crippen LogP contribution in [-0.2, 0) is 6.18 Å². The predicted octanol–water partition coefficient (Wildman–Crippen LogP) is 2.80. The Morgan fingerprint density at radius 2 is 1.57 bits per heavy atom. The lowest BCUT2D eigenvalue weighted by molar-refractivity contribution is -0.141. The van der Waals surface area contributed by atoms with Gasteiger partial charge < -0.3 is 5.32 Å². The van der Waals surface area contributed by atoms with Crippen LogP contribution in [0.25, 0.3) is 0 Å². The zero-order valence-corrected chi connectivity index (χ0v) is 10.2.